The molecule has 0 aromatic heterocycles. The number of rotatable bonds is 7. The zero-order chi connectivity index (χ0) is 17.6. The first kappa shape index (κ1) is 19.2. The van der Waals surface area contributed by atoms with E-state index in [0.29, 0.717) is 5.56 Å². The highest BCUT2D eigenvalue weighted by Crippen LogP contribution is 2.20. The van der Waals surface area contributed by atoms with E-state index in [0.717, 1.165) is 0 Å². The monoisotopic (exact) mass is 330 g/mol. The Bertz CT molecular complexity index is 522. The molecule has 7 heteroatoms. The first-order valence-electron chi connectivity index (χ1n) is 7.43. The largest absolute Gasteiger partial charge is 0.435 e. The van der Waals surface area contributed by atoms with Gasteiger partial charge in [-0.15, -0.1) is 0 Å². The summed E-state index contributed by atoms with van der Waals surface area (Å²) in [4.78, 5) is 11.9. The summed E-state index contributed by atoms with van der Waals surface area (Å²) >= 11 is 0. The number of alkyl halides is 2. The minimum Gasteiger partial charge on any atom is -0.435 e. The molecule has 2 unspecified atom stereocenters. The SMILES string of the molecule is CC(NC(=O)NCC(C)(O)C(C)C)c1cccc(OC(F)F)c1. The molecular weight excluding hydrogens is 306 g/mol. The van der Waals surface area contributed by atoms with Crippen molar-refractivity contribution in [3.8, 4) is 5.75 Å². The Labute approximate surface area is 135 Å². The van der Waals surface area contributed by atoms with Crippen LogP contribution in [0, 0.1) is 5.92 Å². The summed E-state index contributed by atoms with van der Waals surface area (Å²) in [5.41, 5.74) is -0.375. The van der Waals surface area contributed by atoms with Gasteiger partial charge in [0.15, 0.2) is 0 Å². The van der Waals surface area contributed by atoms with Crippen LogP contribution in [0.25, 0.3) is 0 Å². The molecule has 2 amide bonds. The number of aliphatic hydroxyl groups is 1. The van der Waals surface area contributed by atoms with Gasteiger partial charge in [0, 0.05) is 6.54 Å². The van der Waals surface area contributed by atoms with Crippen molar-refractivity contribution in [2.45, 2.75) is 45.9 Å². The molecule has 0 aliphatic heterocycles. The number of carbonyl (C=O) groups excluding carboxylic acids is 1. The predicted octanol–water partition coefficient (Wildman–Crippen LogP) is 3.06. The number of benzene rings is 1. The summed E-state index contributed by atoms with van der Waals surface area (Å²) in [7, 11) is 0. The van der Waals surface area contributed by atoms with E-state index in [1.807, 2.05) is 13.8 Å². The van der Waals surface area contributed by atoms with Crippen molar-refractivity contribution in [1.82, 2.24) is 10.6 Å². The van der Waals surface area contributed by atoms with E-state index in [2.05, 4.69) is 15.4 Å². The number of hydrogen-bond donors (Lipinski definition) is 3. The second-order valence-corrected chi connectivity index (χ2v) is 6.01. The number of nitrogens with one attached hydrogen (secondary N) is 2. The van der Waals surface area contributed by atoms with E-state index >= 15 is 0 Å². The minimum absolute atomic E-state index is 0.0107. The third kappa shape index (κ3) is 6.40. The highest BCUT2D eigenvalue weighted by atomic mass is 19.3. The molecule has 1 aromatic carbocycles. The summed E-state index contributed by atoms with van der Waals surface area (Å²) in [6, 6.07) is 5.29. The van der Waals surface area contributed by atoms with Crippen molar-refractivity contribution in [3.05, 3.63) is 29.8 Å². The van der Waals surface area contributed by atoms with Gasteiger partial charge in [0.05, 0.1) is 11.6 Å². The van der Waals surface area contributed by atoms with E-state index < -0.39 is 24.3 Å². The zero-order valence-corrected chi connectivity index (χ0v) is 13.8. The van der Waals surface area contributed by atoms with Gasteiger partial charge in [0.25, 0.3) is 0 Å². The van der Waals surface area contributed by atoms with E-state index in [1.165, 1.54) is 12.1 Å². The van der Waals surface area contributed by atoms with Crippen LogP contribution in [0.15, 0.2) is 24.3 Å². The van der Waals surface area contributed by atoms with Crippen LogP contribution in [0.4, 0.5) is 13.6 Å². The Morgan fingerprint density at radius 2 is 2.00 bits per heavy atom. The molecule has 0 fully saturated rings. The second-order valence-electron chi connectivity index (χ2n) is 6.01. The molecule has 0 saturated heterocycles. The van der Waals surface area contributed by atoms with Gasteiger partial charge < -0.3 is 20.5 Å². The summed E-state index contributed by atoms with van der Waals surface area (Å²) in [6.45, 7) is 4.30. The number of amides is 2. The lowest BCUT2D eigenvalue weighted by Gasteiger charge is -2.28. The molecule has 0 bridgehead atoms. The van der Waals surface area contributed by atoms with E-state index in [4.69, 9.17) is 0 Å². The zero-order valence-electron chi connectivity index (χ0n) is 13.8. The fourth-order valence-electron chi connectivity index (χ4n) is 1.75. The summed E-state index contributed by atoms with van der Waals surface area (Å²) < 4.78 is 28.8. The van der Waals surface area contributed by atoms with Crippen molar-refractivity contribution >= 4 is 6.03 Å². The Hall–Kier alpha value is -1.89. The van der Waals surface area contributed by atoms with Gasteiger partial charge in [0.2, 0.25) is 0 Å². The van der Waals surface area contributed by atoms with Crippen molar-refractivity contribution < 1.29 is 23.4 Å². The number of urea groups is 1. The normalized spacial score (nSPS) is 15.2. The molecule has 2 atom stereocenters. The van der Waals surface area contributed by atoms with Crippen molar-refractivity contribution in [2.24, 2.45) is 5.92 Å². The summed E-state index contributed by atoms with van der Waals surface area (Å²) in [5.74, 6) is 0.0256. The molecule has 0 aliphatic carbocycles. The fraction of sp³-hybridized carbons (Fsp3) is 0.562. The fourth-order valence-corrected chi connectivity index (χ4v) is 1.75. The first-order valence-corrected chi connectivity index (χ1v) is 7.43. The predicted molar refractivity (Wildman–Crippen MR) is 83.5 cm³/mol. The molecule has 23 heavy (non-hydrogen) atoms. The van der Waals surface area contributed by atoms with Crippen LogP contribution in [-0.4, -0.2) is 29.9 Å². The van der Waals surface area contributed by atoms with E-state index in [1.54, 1.807) is 26.0 Å². The maximum Gasteiger partial charge on any atom is 0.387 e. The number of ether oxygens (including phenoxy) is 1. The molecule has 3 N–H and O–H groups in total. The first-order chi connectivity index (χ1) is 10.6. The third-order valence-electron chi connectivity index (χ3n) is 3.78. The summed E-state index contributed by atoms with van der Waals surface area (Å²) in [6.07, 6.45) is 0. The summed E-state index contributed by atoms with van der Waals surface area (Å²) in [5, 5.41) is 15.4. The molecule has 0 heterocycles. The van der Waals surface area contributed by atoms with Crippen LogP contribution >= 0.6 is 0 Å². The van der Waals surface area contributed by atoms with Gasteiger partial charge in [-0.3, -0.25) is 0 Å². The Morgan fingerprint density at radius 1 is 1.35 bits per heavy atom. The number of halogens is 2. The third-order valence-corrected chi connectivity index (χ3v) is 3.78. The average Bonchev–Trinajstić information content (AvgIpc) is 2.44. The molecule has 0 radical (unpaired) electrons. The molecular formula is C16H24F2N2O3. The van der Waals surface area contributed by atoms with Crippen LogP contribution in [-0.2, 0) is 0 Å². The number of carbonyl (C=O) groups is 1. The Balaban J connectivity index is 2.58. The molecule has 0 aliphatic rings. The van der Waals surface area contributed by atoms with Gasteiger partial charge in [-0.2, -0.15) is 8.78 Å². The second kappa shape index (κ2) is 8.10. The quantitative estimate of drug-likeness (QED) is 0.719. The average molecular weight is 330 g/mol. The molecule has 0 spiro atoms. The van der Waals surface area contributed by atoms with E-state index in [-0.39, 0.29) is 18.2 Å². The van der Waals surface area contributed by atoms with Crippen LogP contribution in [0.1, 0.15) is 39.3 Å². The van der Waals surface area contributed by atoms with Gasteiger partial charge in [-0.05, 0) is 37.5 Å². The van der Waals surface area contributed by atoms with Gasteiger partial charge in [-0.1, -0.05) is 26.0 Å². The molecule has 5 nitrogen and oxygen atoms in total. The smallest absolute Gasteiger partial charge is 0.387 e. The van der Waals surface area contributed by atoms with Crippen molar-refractivity contribution in [3.63, 3.8) is 0 Å². The minimum atomic E-state index is -2.89. The van der Waals surface area contributed by atoms with Gasteiger partial charge in [0.1, 0.15) is 5.75 Å². The Kier molecular flexibility index (Phi) is 6.75. The van der Waals surface area contributed by atoms with Crippen molar-refractivity contribution in [2.75, 3.05) is 6.54 Å². The maximum atomic E-state index is 12.2. The lowest BCUT2D eigenvalue weighted by molar-refractivity contribution is -0.0499. The molecule has 130 valence electrons. The van der Waals surface area contributed by atoms with Crippen LogP contribution < -0.4 is 15.4 Å². The van der Waals surface area contributed by atoms with Crippen LogP contribution in [0.3, 0.4) is 0 Å². The lowest BCUT2D eigenvalue weighted by atomic mass is 9.93. The topological polar surface area (TPSA) is 70.6 Å². The van der Waals surface area contributed by atoms with E-state index in [9.17, 15) is 18.7 Å². The van der Waals surface area contributed by atoms with Crippen LogP contribution in [0.2, 0.25) is 0 Å². The van der Waals surface area contributed by atoms with Crippen molar-refractivity contribution in [1.29, 1.82) is 0 Å². The standard InChI is InChI=1S/C16H24F2N2O3/c1-10(2)16(4,22)9-19-15(21)20-11(3)12-6-5-7-13(8-12)23-14(17)18/h5-8,10-11,14,22H,9H2,1-4H3,(H2,19,20,21). The molecule has 1 rings (SSSR count). The lowest BCUT2D eigenvalue weighted by Crippen LogP contribution is -2.47. The van der Waals surface area contributed by atoms with Crippen LogP contribution in [0.5, 0.6) is 5.75 Å². The molecule has 0 saturated carbocycles. The van der Waals surface area contributed by atoms with Gasteiger partial charge >= 0.3 is 12.6 Å². The van der Waals surface area contributed by atoms with Gasteiger partial charge in [-0.25, -0.2) is 4.79 Å². The Morgan fingerprint density at radius 3 is 2.57 bits per heavy atom. The molecule has 1 aromatic rings. The highest BCUT2D eigenvalue weighted by molar-refractivity contribution is 5.74. The highest BCUT2D eigenvalue weighted by Gasteiger charge is 2.25. The maximum absolute atomic E-state index is 12.2. The number of hydrogen-bond acceptors (Lipinski definition) is 3.